The molecule has 2 heterocycles. The van der Waals surface area contributed by atoms with Crippen LogP contribution >= 0.6 is 24.8 Å². The molecule has 1 amide bonds. The summed E-state index contributed by atoms with van der Waals surface area (Å²) < 4.78 is 1.78. The minimum Gasteiger partial charge on any atom is -0.341 e. The van der Waals surface area contributed by atoms with Crippen LogP contribution in [0.15, 0.2) is 6.07 Å². The first-order valence-corrected chi connectivity index (χ1v) is 6.59. The zero-order chi connectivity index (χ0) is 13.1. The van der Waals surface area contributed by atoms with Gasteiger partial charge in [0.1, 0.15) is 6.54 Å². The Morgan fingerprint density at radius 1 is 1.45 bits per heavy atom. The van der Waals surface area contributed by atoms with E-state index < -0.39 is 0 Å². The van der Waals surface area contributed by atoms with E-state index in [0.29, 0.717) is 19.0 Å². The molecular formula is C13H24Cl2N4O. The van der Waals surface area contributed by atoms with Gasteiger partial charge in [-0.25, -0.2) is 0 Å². The minimum absolute atomic E-state index is 0. The number of nitrogens with zero attached hydrogens (tertiary/aromatic N) is 3. The molecule has 20 heavy (non-hydrogen) atoms. The normalized spacial score (nSPS) is 18.1. The highest BCUT2D eigenvalue weighted by molar-refractivity contribution is 5.85. The van der Waals surface area contributed by atoms with Gasteiger partial charge in [-0.1, -0.05) is 0 Å². The van der Waals surface area contributed by atoms with Gasteiger partial charge in [-0.2, -0.15) is 5.10 Å². The lowest BCUT2D eigenvalue weighted by Gasteiger charge is -2.32. The fourth-order valence-electron chi connectivity index (χ4n) is 2.55. The number of rotatable bonds is 3. The molecule has 1 aliphatic heterocycles. The molecule has 1 aromatic heterocycles. The van der Waals surface area contributed by atoms with Gasteiger partial charge in [0.05, 0.1) is 5.69 Å². The molecule has 0 spiro atoms. The van der Waals surface area contributed by atoms with Crippen molar-refractivity contribution < 1.29 is 4.79 Å². The van der Waals surface area contributed by atoms with Crippen LogP contribution in [0, 0.1) is 19.8 Å². The summed E-state index contributed by atoms with van der Waals surface area (Å²) >= 11 is 0. The summed E-state index contributed by atoms with van der Waals surface area (Å²) in [4.78, 5) is 14.1. The largest absolute Gasteiger partial charge is 0.341 e. The third-order valence-electron chi connectivity index (χ3n) is 3.59. The van der Waals surface area contributed by atoms with Crippen LogP contribution in [0.25, 0.3) is 0 Å². The number of hydrogen-bond donors (Lipinski definition) is 1. The number of aromatic nitrogens is 2. The summed E-state index contributed by atoms with van der Waals surface area (Å²) in [5, 5.41) is 4.33. The molecular weight excluding hydrogens is 299 g/mol. The van der Waals surface area contributed by atoms with E-state index in [0.717, 1.165) is 37.3 Å². The van der Waals surface area contributed by atoms with E-state index in [2.05, 4.69) is 5.10 Å². The highest BCUT2D eigenvalue weighted by Gasteiger charge is 2.23. The van der Waals surface area contributed by atoms with E-state index in [1.165, 1.54) is 0 Å². The van der Waals surface area contributed by atoms with Crippen molar-refractivity contribution >= 4 is 30.7 Å². The van der Waals surface area contributed by atoms with Gasteiger partial charge in [0.15, 0.2) is 0 Å². The van der Waals surface area contributed by atoms with Gasteiger partial charge in [-0.3, -0.25) is 9.48 Å². The first-order chi connectivity index (χ1) is 8.60. The Morgan fingerprint density at radius 3 is 2.70 bits per heavy atom. The lowest BCUT2D eigenvalue weighted by molar-refractivity contribution is -0.133. The fraction of sp³-hybridized carbons (Fsp3) is 0.692. The lowest BCUT2D eigenvalue weighted by Crippen LogP contribution is -2.43. The van der Waals surface area contributed by atoms with Crippen molar-refractivity contribution in [2.75, 3.05) is 19.6 Å². The Bertz CT molecular complexity index is 436. The van der Waals surface area contributed by atoms with Crippen molar-refractivity contribution in [1.29, 1.82) is 0 Å². The first-order valence-electron chi connectivity index (χ1n) is 6.59. The van der Waals surface area contributed by atoms with Crippen molar-refractivity contribution in [1.82, 2.24) is 14.7 Å². The smallest absolute Gasteiger partial charge is 0.244 e. The number of nitrogens with two attached hydrogens (primary N) is 1. The SMILES string of the molecule is Cc1cc(C)n(CC(=O)N2CCCC(CN)C2)n1.Cl.Cl. The van der Waals surface area contributed by atoms with Crippen molar-refractivity contribution in [3.63, 3.8) is 0 Å². The Kier molecular flexibility index (Phi) is 8.16. The molecule has 1 fully saturated rings. The molecule has 2 N–H and O–H groups in total. The molecule has 0 aliphatic carbocycles. The van der Waals surface area contributed by atoms with Gasteiger partial charge >= 0.3 is 0 Å². The number of amides is 1. The molecule has 0 bridgehead atoms. The van der Waals surface area contributed by atoms with Crippen LogP contribution in [-0.4, -0.2) is 40.2 Å². The van der Waals surface area contributed by atoms with E-state index >= 15 is 0 Å². The van der Waals surface area contributed by atoms with Gasteiger partial charge in [0, 0.05) is 18.8 Å². The quantitative estimate of drug-likeness (QED) is 0.918. The second-order valence-electron chi connectivity index (χ2n) is 5.17. The summed E-state index contributed by atoms with van der Waals surface area (Å²) in [6.07, 6.45) is 2.20. The Morgan fingerprint density at radius 2 is 2.15 bits per heavy atom. The third-order valence-corrected chi connectivity index (χ3v) is 3.59. The Balaban J connectivity index is 0.00000180. The van der Waals surface area contributed by atoms with E-state index in [1.54, 1.807) is 4.68 Å². The highest BCUT2D eigenvalue weighted by Crippen LogP contribution is 2.15. The molecule has 0 saturated carbocycles. The summed E-state index contributed by atoms with van der Waals surface area (Å²) in [6, 6.07) is 1.99. The number of carbonyl (C=O) groups excluding carboxylic acids is 1. The lowest BCUT2D eigenvalue weighted by atomic mass is 9.98. The van der Waals surface area contributed by atoms with Crippen molar-refractivity contribution in [2.24, 2.45) is 11.7 Å². The maximum Gasteiger partial charge on any atom is 0.244 e. The molecule has 5 nitrogen and oxygen atoms in total. The zero-order valence-electron chi connectivity index (χ0n) is 12.0. The van der Waals surface area contributed by atoms with Gasteiger partial charge in [0.25, 0.3) is 0 Å². The number of piperidine rings is 1. The molecule has 1 aliphatic rings. The maximum absolute atomic E-state index is 12.2. The highest BCUT2D eigenvalue weighted by atomic mass is 35.5. The summed E-state index contributed by atoms with van der Waals surface area (Å²) in [6.45, 7) is 6.59. The van der Waals surface area contributed by atoms with Crippen LogP contribution in [0.1, 0.15) is 24.2 Å². The zero-order valence-corrected chi connectivity index (χ0v) is 13.7. The number of halogens is 2. The second kappa shape index (κ2) is 8.49. The van der Waals surface area contributed by atoms with Crippen molar-refractivity contribution in [2.45, 2.75) is 33.2 Å². The predicted molar refractivity (Wildman–Crippen MR) is 84.6 cm³/mol. The molecule has 1 unspecified atom stereocenters. The van der Waals surface area contributed by atoms with Gasteiger partial charge in [-0.15, -0.1) is 24.8 Å². The van der Waals surface area contributed by atoms with Crippen molar-refractivity contribution in [3.05, 3.63) is 17.5 Å². The van der Waals surface area contributed by atoms with E-state index in [1.807, 2.05) is 24.8 Å². The van der Waals surface area contributed by atoms with Gasteiger partial charge < -0.3 is 10.6 Å². The van der Waals surface area contributed by atoms with Crippen LogP contribution in [0.4, 0.5) is 0 Å². The fourth-order valence-corrected chi connectivity index (χ4v) is 2.55. The van der Waals surface area contributed by atoms with E-state index in [-0.39, 0.29) is 30.7 Å². The number of hydrogen-bond acceptors (Lipinski definition) is 3. The van der Waals surface area contributed by atoms with E-state index in [4.69, 9.17) is 5.73 Å². The topological polar surface area (TPSA) is 64.2 Å². The monoisotopic (exact) mass is 322 g/mol. The number of carbonyl (C=O) groups is 1. The molecule has 0 aromatic carbocycles. The summed E-state index contributed by atoms with van der Waals surface area (Å²) in [7, 11) is 0. The second-order valence-corrected chi connectivity index (χ2v) is 5.17. The van der Waals surface area contributed by atoms with Crippen LogP contribution < -0.4 is 5.73 Å². The minimum atomic E-state index is 0. The predicted octanol–water partition coefficient (Wildman–Crippen LogP) is 1.54. The summed E-state index contributed by atoms with van der Waals surface area (Å²) in [5.41, 5.74) is 7.68. The van der Waals surface area contributed by atoms with Crippen LogP contribution in [0.5, 0.6) is 0 Å². The molecule has 116 valence electrons. The van der Waals surface area contributed by atoms with Gasteiger partial charge in [-0.05, 0) is 45.2 Å². The maximum atomic E-state index is 12.2. The summed E-state index contributed by atoms with van der Waals surface area (Å²) in [5.74, 6) is 0.613. The molecule has 0 radical (unpaired) electrons. The Labute approximate surface area is 132 Å². The molecule has 1 saturated heterocycles. The first kappa shape index (κ1) is 19.2. The molecule has 7 heteroatoms. The van der Waals surface area contributed by atoms with Gasteiger partial charge in [0.2, 0.25) is 5.91 Å². The molecule has 1 atom stereocenters. The molecule has 1 aromatic rings. The molecule has 2 rings (SSSR count). The van der Waals surface area contributed by atoms with E-state index in [9.17, 15) is 4.79 Å². The standard InChI is InChI=1S/C13H22N4O.2ClH/c1-10-6-11(2)17(15-10)9-13(18)16-5-3-4-12(7-14)8-16;;/h6,12H,3-5,7-9,14H2,1-2H3;2*1H. The van der Waals surface area contributed by atoms with Crippen molar-refractivity contribution in [3.8, 4) is 0 Å². The average molecular weight is 323 g/mol. The van der Waals surface area contributed by atoms with Crippen LogP contribution in [0.2, 0.25) is 0 Å². The number of likely N-dealkylation sites (tertiary alicyclic amines) is 1. The Hall–Kier alpha value is -0.780. The van der Waals surface area contributed by atoms with Crippen LogP contribution in [-0.2, 0) is 11.3 Å². The van der Waals surface area contributed by atoms with Crippen LogP contribution in [0.3, 0.4) is 0 Å². The third kappa shape index (κ3) is 4.65. The number of aryl methyl sites for hydroxylation is 2. The average Bonchev–Trinajstić information content (AvgIpc) is 2.68.